The number of carbonyl (C=O) groups is 2. The molecule has 1 saturated heterocycles. The van der Waals surface area contributed by atoms with Gasteiger partial charge in [0.1, 0.15) is 11.5 Å². The number of nitrogens with zero attached hydrogens (tertiary/aromatic N) is 1. The predicted octanol–water partition coefficient (Wildman–Crippen LogP) is 2.02. The number of phenols is 1. The Bertz CT molecular complexity index is 1030. The summed E-state index contributed by atoms with van der Waals surface area (Å²) in [6.45, 7) is 3.90. The van der Waals surface area contributed by atoms with Gasteiger partial charge in [0.25, 0.3) is 11.8 Å². The van der Waals surface area contributed by atoms with E-state index in [1.165, 1.54) is 18.7 Å². The van der Waals surface area contributed by atoms with Gasteiger partial charge in [-0.25, -0.2) is 5.48 Å². The Labute approximate surface area is 180 Å². The molecule has 0 saturated carbocycles. The second-order valence-corrected chi connectivity index (χ2v) is 8.22. The summed E-state index contributed by atoms with van der Waals surface area (Å²) in [5.41, 5.74) is 11.0. The quantitative estimate of drug-likeness (QED) is 0.646. The first-order valence-corrected chi connectivity index (χ1v) is 10.3. The van der Waals surface area contributed by atoms with Crippen molar-refractivity contribution in [2.75, 3.05) is 26.8 Å². The zero-order chi connectivity index (χ0) is 22.2. The number of fused-ring (bicyclic) bond motifs is 2. The third-order valence-electron chi connectivity index (χ3n) is 6.35. The first kappa shape index (κ1) is 21.1. The molecule has 2 aromatic carbocycles. The van der Waals surface area contributed by atoms with Crippen LogP contribution in [-0.2, 0) is 16.8 Å². The van der Waals surface area contributed by atoms with Crippen LogP contribution in [0.2, 0.25) is 0 Å². The summed E-state index contributed by atoms with van der Waals surface area (Å²) < 4.78 is 5.94. The fourth-order valence-corrected chi connectivity index (χ4v) is 4.50. The fourth-order valence-electron chi connectivity index (χ4n) is 4.50. The smallest absolute Gasteiger partial charge is 0.278 e. The highest BCUT2D eigenvalue weighted by Gasteiger charge is 2.44. The molecule has 1 spiro atoms. The molecule has 4 rings (SSSR count). The zero-order valence-corrected chi connectivity index (χ0v) is 17.7. The molecule has 31 heavy (non-hydrogen) atoms. The van der Waals surface area contributed by atoms with Crippen LogP contribution in [0.25, 0.3) is 0 Å². The summed E-state index contributed by atoms with van der Waals surface area (Å²) in [5.74, 6) is -0.0379. The van der Waals surface area contributed by atoms with Gasteiger partial charge in [-0.1, -0.05) is 12.1 Å². The Morgan fingerprint density at radius 2 is 2.00 bits per heavy atom. The second-order valence-electron chi connectivity index (χ2n) is 8.22. The van der Waals surface area contributed by atoms with Gasteiger partial charge >= 0.3 is 0 Å². The summed E-state index contributed by atoms with van der Waals surface area (Å²) in [6, 6.07) is 9.11. The van der Waals surface area contributed by atoms with E-state index < -0.39 is 5.91 Å². The van der Waals surface area contributed by atoms with Crippen molar-refractivity contribution in [1.82, 2.24) is 10.4 Å². The Morgan fingerprint density at radius 3 is 2.68 bits per heavy atom. The summed E-state index contributed by atoms with van der Waals surface area (Å²) in [7, 11) is 1.31. The number of nitrogens with two attached hydrogens (primary N) is 1. The highest BCUT2D eigenvalue weighted by molar-refractivity contribution is 6.01. The van der Waals surface area contributed by atoms with Crippen molar-refractivity contribution >= 4 is 11.8 Å². The van der Waals surface area contributed by atoms with Gasteiger partial charge in [0.2, 0.25) is 0 Å². The number of aromatic hydroxyl groups is 1. The van der Waals surface area contributed by atoms with Crippen LogP contribution in [0.15, 0.2) is 30.3 Å². The normalized spacial score (nSPS) is 16.7. The average molecular weight is 425 g/mol. The van der Waals surface area contributed by atoms with Crippen molar-refractivity contribution in [2.45, 2.75) is 31.7 Å². The summed E-state index contributed by atoms with van der Waals surface area (Å²) in [5, 5.41) is 10.2. The zero-order valence-electron chi connectivity index (χ0n) is 17.7. The molecule has 2 aliphatic rings. The second kappa shape index (κ2) is 8.20. The van der Waals surface area contributed by atoms with Crippen molar-refractivity contribution in [2.24, 2.45) is 5.73 Å². The number of amides is 2. The van der Waals surface area contributed by atoms with Crippen molar-refractivity contribution < 1.29 is 24.3 Å². The lowest BCUT2D eigenvalue weighted by Gasteiger charge is -2.38. The fraction of sp³-hybridized carbons (Fsp3) is 0.391. The van der Waals surface area contributed by atoms with E-state index >= 15 is 0 Å². The molecule has 0 aliphatic carbocycles. The summed E-state index contributed by atoms with van der Waals surface area (Å²) in [6.07, 6.45) is 1.57. The Kier molecular flexibility index (Phi) is 5.60. The van der Waals surface area contributed by atoms with E-state index in [0.29, 0.717) is 37.4 Å². The van der Waals surface area contributed by atoms with E-state index in [0.717, 1.165) is 24.2 Å². The van der Waals surface area contributed by atoms with Crippen molar-refractivity contribution in [1.29, 1.82) is 0 Å². The number of phenolic OH excluding ortho intramolecular Hbond substituents is 1. The van der Waals surface area contributed by atoms with E-state index in [9.17, 15) is 14.7 Å². The molecule has 2 amide bonds. The molecular weight excluding hydrogens is 398 g/mol. The van der Waals surface area contributed by atoms with Crippen LogP contribution >= 0.6 is 0 Å². The lowest BCUT2D eigenvalue weighted by Crippen LogP contribution is -2.46. The van der Waals surface area contributed by atoms with Crippen molar-refractivity contribution in [3.8, 4) is 11.5 Å². The van der Waals surface area contributed by atoms with Crippen molar-refractivity contribution in [3.63, 3.8) is 0 Å². The number of piperidine rings is 1. The molecule has 2 aliphatic heterocycles. The van der Waals surface area contributed by atoms with Gasteiger partial charge < -0.3 is 20.5 Å². The van der Waals surface area contributed by atoms with Gasteiger partial charge in [0.05, 0.1) is 19.3 Å². The molecule has 0 radical (unpaired) electrons. The minimum Gasteiger partial charge on any atom is -0.507 e. The minimum absolute atomic E-state index is 0.00566. The summed E-state index contributed by atoms with van der Waals surface area (Å²) in [4.78, 5) is 31.8. The molecule has 8 nitrogen and oxygen atoms in total. The number of nitrogens with one attached hydrogen (secondary N) is 1. The molecular formula is C23H27N3O5. The number of aryl methyl sites for hydroxylation is 1. The molecule has 8 heteroatoms. The van der Waals surface area contributed by atoms with Gasteiger partial charge in [-0.3, -0.25) is 14.4 Å². The Hall–Kier alpha value is -3.10. The number of hydrogen-bond acceptors (Lipinski definition) is 6. The number of ether oxygens (including phenoxy) is 1. The van der Waals surface area contributed by atoms with Crippen LogP contribution < -0.4 is 16.0 Å². The first-order chi connectivity index (χ1) is 14.9. The number of benzene rings is 2. The highest BCUT2D eigenvalue weighted by Crippen LogP contribution is 2.46. The predicted molar refractivity (Wildman–Crippen MR) is 114 cm³/mol. The van der Waals surface area contributed by atoms with Gasteiger partial charge in [-0.2, -0.15) is 0 Å². The Morgan fingerprint density at radius 1 is 1.26 bits per heavy atom. The van der Waals surface area contributed by atoms with Crippen LogP contribution in [0.5, 0.6) is 11.5 Å². The maximum Gasteiger partial charge on any atom is 0.278 e. The maximum absolute atomic E-state index is 13.2. The number of hydrogen-bond donors (Lipinski definition) is 3. The van der Waals surface area contributed by atoms with Crippen molar-refractivity contribution in [3.05, 3.63) is 58.1 Å². The monoisotopic (exact) mass is 425 g/mol. The largest absolute Gasteiger partial charge is 0.507 e. The van der Waals surface area contributed by atoms with E-state index in [4.69, 9.17) is 10.5 Å². The van der Waals surface area contributed by atoms with E-state index in [1.54, 1.807) is 17.9 Å². The number of carbonyl (C=O) groups excluding carboxylic acids is 2. The lowest BCUT2D eigenvalue weighted by atomic mass is 9.74. The molecule has 0 unspecified atom stereocenters. The third-order valence-corrected chi connectivity index (χ3v) is 6.35. The first-order valence-electron chi connectivity index (χ1n) is 10.3. The van der Waals surface area contributed by atoms with Crippen LogP contribution in [-0.4, -0.2) is 48.6 Å². The lowest BCUT2D eigenvalue weighted by molar-refractivity contribution is 0.0535. The Balaban J connectivity index is 1.53. The van der Waals surface area contributed by atoms with Crippen LogP contribution in [0.1, 0.15) is 50.2 Å². The van der Waals surface area contributed by atoms with Gasteiger partial charge in [0, 0.05) is 36.2 Å². The average Bonchev–Trinajstić information content (AvgIpc) is 3.13. The topological polar surface area (TPSA) is 114 Å². The van der Waals surface area contributed by atoms with Gasteiger partial charge in [0.15, 0.2) is 0 Å². The molecule has 0 atom stereocenters. The van der Waals surface area contributed by atoms with Gasteiger partial charge in [-0.05, 0) is 49.1 Å². The maximum atomic E-state index is 13.2. The third kappa shape index (κ3) is 3.73. The van der Waals surface area contributed by atoms with E-state index in [1.807, 2.05) is 12.1 Å². The van der Waals surface area contributed by atoms with Crippen LogP contribution in [0.4, 0.5) is 0 Å². The minimum atomic E-state index is -0.606. The van der Waals surface area contributed by atoms with E-state index in [2.05, 4.69) is 16.4 Å². The number of rotatable bonds is 4. The van der Waals surface area contributed by atoms with Gasteiger partial charge in [-0.15, -0.1) is 0 Å². The SMILES string of the molecule is CONC(=O)c1cc(C(=O)N2CCC3(CC2)COc2ccc(CN)cc23)cc(C)c1O. The summed E-state index contributed by atoms with van der Waals surface area (Å²) >= 11 is 0. The van der Waals surface area contributed by atoms with Crippen LogP contribution in [0, 0.1) is 6.92 Å². The number of likely N-dealkylation sites (tertiary alicyclic amines) is 1. The molecule has 0 bridgehead atoms. The molecule has 2 heterocycles. The molecule has 164 valence electrons. The molecule has 2 aromatic rings. The van der Waals surface area contributed by atoms with Crippen LogP contribution in [0.3, 0.4) is 0 Å². The van der Waals surface area contributed by atoms with E-state index in [-0.39, 0.29) is 22.6 Å². The molecule has 4 N–H and O–H groups in total. The highest BCUT2D eigenvalue weighted by atomic mass is 16.6. The number of hydroxylamine groups is 1. The standard InChI is InChI=1S/C23H27N3O5/c1-14-9-16(11-17(20(14)27)21(28)25-30-2)22(29)26-7-5-23(6-8-26)13-31-19-4-3-15(12-24)10-18(19)23/h3-4,9-11,27H,5-8,12-13,24H2,1-2H3,(H,25,28). The molecule has 0 aromatic heterocycles. The molecule has 1 fully saturated rings.